The first kappa shape index (κ1) is 19.6. The molecule has 0 saturated heterocycles. The van der Waals surface area contributed by atoms with Gasteiger partial charge in [-0.2, -0.15) is 0 Å². The summed E-state index contributed by atoms with van der Waals surface area (Å²) >= 11 is 3.45. The molecule has 144 valence electrons. The molecule has 2 aromatic rings. The highest BCUT2D eigenvalue weighted by Crippen LogP contribution is 2.31. The van der Waals surface area contributed by atoms with E-state index in [1.807, 2.05) is 12.1 Å². The Hall–Kier alpha value is -2.15. The first-order chi connectivity index (χ1) is 12.9. The van der Waals surface area contributed by atoms with Gasteiger partial charge < -0.3 is 5.32 Å². The Labute approximate surface area is 166 Å². The number of carbonyl (C=O) groups is 1. The molecule has 3 rings (SSSR count). The van der Waals surface area contributed by atoms with Crippen molar-refractivity contribution in [2.45, 2.75) is 50.6 Å². The maximum Gasteiger partial charge on any atom is 0.331 e. The topological polar surface area (TPSA) is 73.1 Å². The van der Waals surface area contributed by atoms with Crippen molar-refractivity contribution < 1.29 is 4.79 Å². The van der Waals surface area contributed by atoms with Gasteiger partial charge in [0, 0.05) is 29.3 Å². The van der Waals surface area contributed by atoms with E-state index in [0.29, 0.717) is 0 Å². The number of rotatable bonds is 5. The fourth-order valence-corrected chi connectivity index (χ4v) is 4.06. The molecular formula is C20H24BrN3O3. The lowest BCUT2D eigenvalue weighted by molar-refractivity contribution is -0.124. The van der Waals surface area contributed by atoms with Gasteiger partial charge in [0.1, 0.15) is 6.54 Å². The molecule has 1 aliphatic carbocycles. The Morgan fingerprint density at radius 3 is 2.44 bits per heavy atom. The number of amides is 1. The van der Waals surface area contributed by atoms with E-state index in [1.54, 1.807) is 0 Å². The molecule has 1 fully saturated rings. The fraction of sp³-hybridized carbons (Fsp3) is 0.450. The van der Waals surface area contributed by atoms with Crippen LogP contribution in [0, 0.1) is 0 Å². The van der Waals surface area contributed by atoms with Gasteiger partial charge in [0.15, 0.2) is 0 Å². The van der Waals surface area contributed by atoms with Crippen LogP contribution in [-0.4, -0.2) is 20.6 Å². The molecule has 0 bridgehead atoms. The molecule has 1 aromatic carbocycles. The second-order valence-electron chi connectivity index (χ2n) is 7.32. The van der Waals surface area contributed by atoms with Crippen LogP contribution in [0.25, 0.3) is 0 Å². The van der Waals surface area contributed by atoms with E-state index < -0.39 is 5.69 Å². The third-order valence-electron chi connectivity index (χ3n) is 5.25. The molecule has 1 aliphatic rings. The van der Waals surface area contributed by atoms with E-state index in [1.165, 1.54) is 35.9 Å². The lowest BCUT2D eigenvalue weighted by Crippen LogP contribution is -2.53. The molecule has 1 saturated carbocycles. The van der Waals surface area contributed by atoms with Crippen LogP contribution in [0.5, 0.6) is 0 Å². The van der Waals surface area contributed by atoms with E-state index >= 15 is 0 Å². The Balaban J connectivity index is 1.77. The smallest absolute Gasteiger partial charge is 0.331 e. The summed E-state index contributed by atoms with van der Waals surface area (Å²) in [6, 6.07) is 9.47. The molecule has 7 heteroatoms. The second kappa shape index (κ2) is 8.25. The Kier molecular flexibility index (Phi) is 5.99. The maximum absolute atomic E-state index is 12.7. The molecule has 0 radical (unpaired) electrons. The van der Waals surface area contributed by atoms with Crippen molar-refractivity contribution in [2.75, 3.05) is 0 Å². The quantitative estimate of drug-likeness (QED) is 0.786. The van der Waals surface area contributed by atoms with Crippen molar-refractivity contribution in [3.8, 4) is 0 Å². The minimum absolute atomic E-state index is 0.0883. The Morgan fingerprint density at radius 1 is 1.11 bits per heavy atom. The summed E-state index contributed by atoms with van der Waals surface area (Å²) in [5.74, 6) is -0.199. The van der Waals surface area contributed by atoms with Gasteiger partial charge in [-0.05, 0) is 37.0 Å². The molecule has 0 atom stereocenters. The van der Waals surface area contributed by atoms with E-state index in [2.05, 4.69) is 33.4 Å². The van der Waals surface area contributed by atoms with Crippen LogP contribution in [0.15, 0.2) is 50.6 Å². The van der Waals surface area contributed by atoms with Crippen molar-refractivity contribution >= 4 is 21.8 Å². The zero-order valence-electron chi connectivity index (χ0n) is 15.4. The fourth-order valence-electron chi connectivity index (χ4n) is 3.79. The summed E-state index contributed by atoms with van der Waals surface area (Å²) in [4.78, 5) is 36.4. The second-order valence-corrected chi connectivity index (χ2v) is 8.23. The zero-order chi connectivity index (χ0) is 19.4. The number of carbonyl (C=O) groups excluding carboxylic acids is 1. The predicted molar refractivity (Wildman–Crippen MR) is 108 cm³/mol. The van der Waals surface area contributed by atoms with Crippen LogP contribution in [0.4, 0.5) is 0 Å². The molecular weight excluding hydrogens is 410 g/mol. The number of hydrogen-bond acceptors (Lipinski definition) is 3. The summed E-state index contributed by atoms with van der Waals surface area (Å²) in [6.45, 7) is -0.0883. The molecule has 0 unspecified atom stereocenters. The van der Waals surface area contributed by atoms with Gasteiger partial charge in [-0.15, -0.1) is 0 Å². The molecule has 1 amide bonds. The summed E-state index contributed by atoms with van der Waals surface area (Å²) in [5.41, 5.74) is 0.0338. The summed E-state index contributed by atoms with van der Waals surface area (Å²) in [7, 11) is 1.41. The normalized spacial score (nSPS) is 16.1. The average Bonchev–Trinajstić information content (AvgIpc) is 2.65. The highest BCUT2D eigenvalue weighted by atomic mass is 79.9. The third kappa shape index (κ3) is 4.77. The molecule has 0 spiro atoms. The molecule has 1 aromatic heterocycles. The van der Waals surface area contributed by atoms with Crippen molar-refractivity contribution in [1.29, 1.82) is 0 Å². The van der Waals surface area contributed by atoms with Crippen LogP contribution < -0.4 is 16.6 Å². The minimum Gasteiger partial charge on any atom is -0.349 e. The summed E-state index contributed by atoms with van der Waals surface area (Å²) < 4.78 is 3.31. The first-order valence-electron chi connectivity index (χ1n) is 9.20. The van der Waals surface area contributed by atoms with E-state index in [-0.39, 0.29) is 23.6 Å². The minimum atomic E-state index is -0.483. The van der Waals surface area contributed by atoms with Gasteiger partial charge in [-0.25, -0.2) is 4.79 Å². The number of benzene rings is 1. The Bertz CT molecular complexity index is 925. The molecule has 27 heavy (non-hydrogen) atoms. The van der Waals surface area contributed by atoms with Gasteiger partial charge >= 0.3 is 5.69 Å². The van der Waals surface area contributed by atoms with Gasteiger partial charge in [-0.3, -0.25) is 18.7 Å². The third-order valence-corrected chi connectivity index (χ3v) is 5.77. The molecule has 6 nitrogen and oxygen atoms in total. The highest BCUT2D eigenvalue weighted by molar-refractivity contribution is 9.10. The molecule has 1 heterocycles. The van der Waals surface area contributed by atoms with E-state index in [9.17, 15) is 14.4 Å². The predicted octanol–water partition coefficient (Wildman–Crippen LogP) is 2.37. The molecule has 1 N–H and O–H groups in total. The van der Waals surface area contributed by atoms with Crippen LogP contribution in [-0.2, 0) is 24.8 Å². The number of nitrogens with zero attached hydrogens (tertiary/aromatic N) is 2. The highest BCUT2D eigenvalue weighted by Gasteiger charge is 2.33. The average molecular weight is 434 g/mol. The van der Waals surface area contributed by atoms with Crippen LogP contribution >= 0.6 is 15.9 Å². The van der Waals surface area contributed by atoms with Crippen LogP contribution in [0.2, 0.25) is 0 Å². The lowest BCUT2D eigenvalue weighted by atomic mass is 9.77. The van der Waals surface area contributed by atoms with Gasteiger partial charge in [0.2, 0.25) is 5.91 Å². The number of hydrogen-bond donors (Lipinski definition) is 1. The number of nitrogens with one attached hydrogen (secondary N) is 1. The SMILES string of the molecule is Cn1c(=O)ccn(CC(=O)NC2(Cc3ccc(Br)cc3)CCCCC2)c1=O. The van der Waals surface area contributed by atoms with Gasteiger partial charge in [-0.1, -0.05) is 47.3 Å². The zero-order valence-corrected chi connectivity index (χ0v) is 17.0. The standard InChI is InChI=1S/C20H24BrN3O3/c1-23-18(26)9-12-24(19(23)27)14-17(25)22-20(10-3-2-4-11-20)13-15-5-7-16(21)8-6-15/h5-9,12H,2-4,10-11,13-14H2,1H3,(H,22,25). The lowest BCUT2D eigenvalue weighted by Gasteiger charge is -2.38. The summed E-state index contributed by atoms with van der Waals surface area (Å²) in [6.07, 6.45) is 7.35. The number of aromatic nitrogens is 2. The van der Waals surface area contributed by atoms with E-state index in [0.717, 1.165) is 41.1 Å². The van der Waals surface area contributed by atoms with Crippen molar-refractivity contribution in [3.05, 3.63) is 67.4 Å². The van der Waals surface area contributed by atoms with Crippen molar-refractivity contribution in [1.82, 2.24) is 14.5 Å². The summed E-state index contributed by atoms with van der Waals surface area (Å²) in [5, 5.41) is 3.21. The van der Waals surface area contributed by atoms with Crippen LogP contribution in [0.1, 0.15) is 37.7 Å². The van der Waals surface area contributed by atoms with Crippen molar-refractivity contribution in [2.24, 2.45) is 7.05 Å². The largest absolute Gasteiger partial charge is 0.349 e. The maximum atomic E-state index is 12.7. The first-order valence-corrected chi connectivity index (χ1v) is 10.00. The van der Waals surface area contributed by atoms with E-state index in [4.69, 9.17) is 0 Å². The van der Waals surface area contributed by atoms with Crippen LogP contribution in [0.3, 0.4) is 0 Å². The van der Waals surface area contributed by atoms with Gasteiger partial charge in [0.05, 0.1) is 0 Å². The molecule has 0 aliphatic heterocycles. The van der Waals surface area contributed by atoms with Crippen molar-refractivity contribution in [3.63, 3.8) is 0 Å². The van der Waals surface area contributed by atoms with Gasteiger partial charge in [0.25, 0.3) is 5.56 Å². The monoisotopic (exact) mass is 433 g/mol. The number of halogens is 1. The Morgan fingerprint density at radius 2 is 1.78 bits per heavy atom.